The topological polar surface area (TPSA) is 83.8 Å². The van der Waals surface area contributed by atoms with Crippen LogP contribution in [-0.4, -0.2) is 40.3 Å². The third-order valence-corrected chi connectivity index (χ3v) is 5.20. The largest absolute Gasteiger partial charge is 0.282 e. The van der Waals surface area contributed by atoms with Gasteiger partial charge in [0.25, 0.3) is 17.5 Å². The highest BCUT2D eigenvalue weighted by molar-refractivity contribution is 7.10. The molecule has 1 unspecified atom stereocenters. The van der Waals surface area contributed by atoms with Gasteiger partial charge in [-0.1, -0.05) is 12.1 Å². The van der Waals surface area contributed by atoms with E-state index in [0.717, 1.165) is 9.78 Å². The third kappa shape index (κ3) is 2.59. The molecule has 0 bridgehead atoms. The van der Waals surface area contributed by atoms with E-state index in [4.69, 9.17) is 0 Å². The summed E-state index contributed by atoms with van der Waals surface area (Å²) in [7, 11) is 1.81. The predicted octanol–water partition coefficient (Wildman–Crippen LogP) is 2.90. The number of hydrogen-bond donors (Lipinski definition) is 0. The molecular weight excluding hydrogens is 330 g/mol. The average Bonchev–Trinajstić information content (AvgIpc) is 3.17. The van der Waals surface area contributed by atoms with E-state index in [0.29, 0.717) is 0 Å². The number of fused-ring (bicyclic) bond motifs is 1. The molecule has 3 rings (SSSR count). The minimum atomic E-state index is -0.633. The predicted molar refractivity (Wildman–Crippen MR) is 89.0 cm³/mol. The molecule has 2 heterocycles. The number of nitrogens with zero attached hydrogens (tertiary/aromatic N) is 3. The van der Waals surface area contributed by atoms with Gasteiger partial charge in [-0.05, 0) is 31.5 Å². The van der Waals surface area contributed by atoms with Crippen LogP contribution in [0.2, 0.25) is 0 Å². The van der Waals surface area contributed by atoms with Crippen molar-refractivity contribution < 1.29 is 14.5 Å². The zero-order valence-electron chi connectivity index (χ0n) is 13.1. The van der Waals surface area contributed by atoms with E-state index in [2.05, 4.69) is 0 Å². The fourth-order valence-electron chi connectivity index (χ4n) is 2.69. The summed E-state index contributed by atoms with van der Waals surface area (Å²) >= 11 is 1.59. The Morgan fingerprint density at radius 1 is 1.25 bits per heavy atom. The molecule has 2 amide bonds. The van der Waals surface area contributed by atoms with Crippen molar-refractivity contribution in [2.45, 2.75) is 13.0 Å². The highest BCUT2D eigenvalue weighted by Crippen LogP contribution is 2.32. The lowest BCUT2D eigenvalue weighted by atomic mass is 10.1. The molecule has 0 saturated carbocycles. The van der Waals surface area contributed by atoms with Crippen molar-refractivity contribution in [1.82, 2.24) is 9.80 Å². The fraction of sp³-hybridized carbons (Fsp3) is 0.250. The van der Waals surface area contributed by atoms with Crippen LogP contribution in [-0.2, 0) is 0 Å². The maximum absolute atomic E-state index is 12.6. The summed E-state index contributed by atoms with van der Waals surface area (Å²) < 4.78 is 0. The van der Waals surface area contributed by atoms with Gasteiger partial charge in [-0.3, -0.25) is 29.5 Å². The number of carbonyl (C=O) groups is 2. The van der Waals surface area contributed by atoms with Crippen molar-refractivity contribution in [3.8, 4) is 0 Å². The van der Waals surface area contributed by atoms with Gasteiger partial charge in [-0.15, -0.1) is 11.3 Å². The summed E-state index contributed by atoms with van der Waals surface area (Å²) in [5.74, 6) is -1.11. The molecule has 0 aliphatic carbocycles. The number of imide groups is 1. The van der Waals surface area contributed by atoms with Crippen LogP contribution in [0.5, 0.6) is 0 Å². The molecule has 0 saturated heterocycles. The fourth-order valence-corrected chi connectivity index (χ4v) is 3.54. The maximum Gasteiger partial charge on any atom is 0.282 e. The van der Waals surface area contributed by atoms with Gasteiger partial charge in [0, 0.05) is 17.0 Å². The quantitative estimate of drug-likeness (QED) is 0.473. The number of nitro benzene ring substituents is 1. The smallest absolute Gasteiger partial charge is 0.281 e. The van der Waals surface area contributed by atoms with E-state index in [9.17, 15) is 19.7 Å². The maximum atomic E-state index is 12.6. The molecule has 8 heteroatoms. The minimum absolute atomic E-state index is 0.0179. The Morgan fingerprint density at radius 3 is 2.62 bits per heavy atom. The van der Waals surface area contributed by atoms with E-state index in [-0.39, 0.29) is 29.5 Å². The molecule has 0 fully saturated rings. The third-order valence-electron chi connectivity index (χ3n) is 4.15. The summed E-state index contributed by atoms with van der Waals surface area (Å²) in [6.07, 6.45) is 0. The zero-order valence-corrected chi connectivity index (χ0v) is 13.9. The molecule has 2 aromatic rings. The van der Waals surface area contributed by atoms with Crippen molar-refractivity contribution in [2.24, 2.45) is 0 Å². The first-order valence-corrected chi connectivity index (χ1v) is 8.17. The number of thiophene rings is 1. The van der Waals surface area contributed by atoms with Crippen LogP contribution in [0.3, 0.4) is 0 Å². The average molecular weight is 345 g/mol. The SMILES string of the molecule is CC(c1cccs1)N(C)CN1C(=O)c2cccc([N+](=O)[O-])c2C1=O. The molecule has 124 valence electrons. The van der Waals surface area contributed by atoms with Crippen LogP contribution in [0, 0.1) is 10.1 Å². The van der Waals surface area contributed by atoms with Crippen LogP contribution in [0.1, 0.15) is 38.6 Å². The van der Waals surface area contributed by atoms with E-state index in [1.54, 1.807) is 11.3 Å². The van der Waals surface area contributed by atoms with Gasteiger partial charge < -0.3 is 0 Å². The highest BCUT2D eigenvalue weighted by Gasteiger charge is 2.41. The van der Waals surface area contributed by atoms with Crippen LogP contribution >= 0.6 is 11.3 Å². The van der Waals surface area contributed by atoms with Gasteiger partial charge in [0.1, 0.15) is 5.56 Å². The van der Waals surface area contributed by atoms with Crippen molar-refractivity contribution in [1.29, 1.82) is 0 Å². The number of rotatable bonds is 5. The van der Waals surface area contributed by atoms with E-state index >= 15 is 0 Å². The van der Waals surface area contributed by atoms with Gasteiger partial charge in [-0.2, -0.15) is 0 Å². The van der Waals surface area contributed by atoms with Gasteiger partial charge in [-0.25, -0.2) is 0 Å². The molecule has 7 nitrogen and oxygen atoms in total. The Bertz CT molecular complexity index is 819. The highest BCUT2D eigenvalue weighted by atomic mass is 32.1. The molecule has 1 aromatic heterocycles. The van der Waals surface area contributed by atoms with Crippen LogP contribution in [0.15, 0.2) is 35.7 Å². The Balaban J connectivity index is 1.86. The van der Waals surface area contributed by atoms with E-state index in [1.807, 2.05) is 36.4 Å². The first-order valence-electron chi connectivity index (χ1n) is 7.29. The van der Waals surface area contributed by atoms with Crippen molar-refractivity contribution in [3.05, 3.63) is 61.8 Å². The second-order valence-electron chi connectivity index (χ2n) is 5.58. The summed E-state index contributed by atoms with van der Waals surface area (Å²) in [5.41, 5.74) is -0.363. The Hall–Kier alpha value is -2.58. The number of carbonyl (C=O) groups excluding carboxylic acids is 2. The van der Waals surface area contributed by atoms with Crippen molar-refractivity contribution in [2.75, 3.05) is 13.7 Å². The standard InChI is InChI=1S/C16H15N3O4S/c1-10(13-7-4-8-24-13)17(2)9-18-15(20)11-5-3-6-12(19(22)23)14(11)16(18)21/h3-8,10H,9H2,1-2H3. The van der Waals surface area contributed by atoms with Gasteiger partial charge in [0.05, 0.1) is 17.2 Å². The lowest BCUT2D eigenvalue weighted by Crippen LogP contribution is -2.40. The zero-order chi connectivity index (χ0) is 17.4. The molecule has 0 spiro atoms. The summed E-state index contributed by atoms with van der Waals surface area (Å²) in [6, 6.07) is 8.05. The summed E-state index contributed by atoms with van der Waals surface area (Å²) in [5, 5.41) is 13.1. The second kappa shape index (κ2) is 6.14. The Labute approximate surface area is 142 Å². The molecule has 1 aliphatic rings. The Morgan fingerprint density at radius 2 is 2.00 bits per heavy atom. The second-order valence-corrected chi connectivity index (χ2v) is 6.56. The van der Waals surface area contributed by atoms with Crippen LogP contribution in [0.4, 0.5) is 5.69 Å². The van der Waals surface area contributed by atoms with E-state index < -0.39 is 16.7 Å². The normalized spacial score (nSPS) is 15.0. The molecule has 1 aliphatic heterocycles. The van der Waals surface area contributed by atoms with Crippen molar-refractivity contribution >= 4 is 28.8 Å². The monoisotopic (exact) mass is 345 g/mol. The number of amides is 2. The summed E-state index contributed by atoms with van der Waals surface area (Å²) in [4.78, 5) is 39.6. The van der Waals surface area contributed by atoms with Crippen LogP contribution < -0.4 is 0 Å². The van der Waals surface area contributed by atoms with Gasteiger partial charge in [0.15, 0.2) is 0 Å². The van der Waals surface area contributed by atoms with Gasteiger partial charge >= 0.3 is 0 Å². The van der Waals surface area contributed by atoms with Gasteiger partial charge in [0.2, 0.25) is 0 Å². The number of hydrogen-bond acceptors (Lipinski definition) is 6. The number of benzene rings is 1. The Kier molecular flexibility index (Phi) is 4.16. The molecular formula is C16H15N3O4S. The van der Waals surface area contributed by atoms with Crippen molar-refractivity contribution in [3.63, 3.8) is 0 Å². The first-order chi connectivity index (χ1) is 11.4. The molecule has 24 heavy (non-hydrogen) atoms. The molecule has 0 radical (unpaired) electrons. The molecule has 0 N–H and O–H groups in total. The molecule has 1 aromatic carbocycles. The minimum Gasteiger partial charge on any atom is -0.281 e. The first kappa shape index (κ1) is 16.3. The summed E-state index contributed by atoms with van der Waals surface area (Å²) in [6.45, 7) is 2.05. The molecule has 1 atom stereocenters. The lowest BCUT2D eigenvalue weighted by molar-refractivity contribution is -0.385. The van der Waals surface area contributed by atoms with E-state index in [1.165, 1.54) is 18.2 Å². The lowest BCUT2D eigenvalue weighted by Gasteiger charge is -2.27. The van der Waals surface area contributed by atoms with Crippen LogP contribution in [0.25, 0.3) is 0 Å². The number of nitro groups is 1.